The molecule has 0 amide bonds. The van der Waals surface area contributed by atoms with Gasteiger partial charge < -0.3 is 9.97 Å². The van der Waals surface area contributed by atoms with Gasteiger partial charge in [0.15, 0.2) is 9.84 Å². The molecule has 3 N–H and O–H groups in total. The molecule has 1 aliphatic rings. The third-order valence-electron chi connectivity index (χ3n) is 6.35. The molecule has 1 saturated carbocycles. The number of nitrogens with one attached hydrogen (secondary N) is 3. The molecule has 1 fully saturated rings. The Morgan fingerprint density at radius 3 is 2.58 bits per heavy atom. The number of sulfone groups is 1. The molecule has 1 aromatic carbocycles. The average Bonchev–Trinajstić information content (AvgIpc) is 3.44. The van der Waals surface area contributed by atoms with Crippen molar-refractivity contribution in [3.05, 3.63) is 54.6 Å². The van der Waals surface area contributed by atoms with E-state index in [0.29, 0.717) is 29.8 Å². The van der Waals surface area contributed by atoms with E-state index in [1.54, 1.807) is 42.7 Å². The summed E-state index contributed by atoms with van der Waals surface area (Å²) in [5.74, 6) is -0.0833. The van der Waals surface area contributed by atoms with Crippen LogP contribution in [0.1, 0.15) is 37.5 Å². The van der Waals surface area contributed by atoms with Crippen molar-refractivity contribution < 1.29 is 16.8 Å². The fourth-order valence-corrected chi connectivity index (χ4v) is 7.76. The molecular formula is C22H25N5O4S2. The lowest BCUT2D eigenvalue weighted by atomic mass is 9.83. The summed E-state index contributed by atoms with van der Waals surface area (Å²) in [6.07, 6.45) is 7.09. The van der Waals surface area contributed by atoms with Crippen LogP contribution in [0.15, 0.2) is 53.7 Å². The summed E-state index contributed by atoms with van der Waals surface area (Å²) in [6.45, 7) is 0. The summed E-state index contributed by atoms with van der Waals surface area (Å²) in [5, 5.41) is 0.105. The minimum atomic E-state index is -3.67. The average molecular weight is 488 g/mol. The first kappa shape index (κ1) is 22.1. The Morgan fingerprint density at radius 1 is 1.06 bits per heavy atom. The van der Waals surface area contributed by atoms with Crippen LogP contribution in [0.4, 0.5) is 0 Å². The van der Waals surface area contributed by atoms with E-state index in [9.17, 15) is 16.8 Å². The van der Waals surface area contributed by atoms with E-state index in [-0.39, 0.29) is 4.90 Å². The summed E-state index contributed by atoms with van der Waals surface area (Å²) >= 11 is 0. The van der Waals surface area contributed by atoms with E-state index in [2.05, 4.69) is 24.7 Å². The van der Waals surface area contributed by atoms with Crippen molar-refractivity contribution in [1.82, 2.24) is 24.7 Å². The van der Waals surface area contributed by atoms with Gasteiger partial charge in [0.25, 0.3) is 0 Å². The molecule has 33 heavy (non-hydrogen) atoms. The Morgan fingerprint density at radius 2 is 1.82 bits per heavy atom. The first-order valence-corrected chi connectivity index (χ1v) is 14.3. The second-order valence-electron chi connectivity index (χ2n) is 8.59. The molecule has 3 unspecified atom stereocenters. The Labute approximate surface area is 192 Å². The Kier molecular flexibility index (Phi) is 5.50. The van der Waals surface area contributed by atoms with Crippen molar-refractivity contribution in [3.8, 4) is 0 Å². The summed E-state index contributed by atoms with van der Waals surface area (Å²) in [6, 6.07) is 9.41. The van der Waals surface area contributed by atoms with Gasteiger partial charge in [0.2, 0.25) is 10.0 Å². The van der Waals surface area contributed by atoms with Crippen LogP contribution in [0.2, 0.25) is 0 Å². The molecule has 3 atom stereocenters. The zero-order chi connectivity index (χ0) is 23.2. The molecule has 0 saturated heterocycles. The zero-order valence-corrected chi connectivity index (χ0v) is 19.7. The van der Waals surface area contributed by atoms with Crippen LogP contribution < -0.4 is 4.72 Å². The Bertz CT molecular complexity index is 1510. The minimum absolute atomic E-state index is 0.253. The molecule has 4 aromatic rings. The van der Waals surface area contributed by atoms with Crippen LogP contribution in [0.3, 0.4) is 0 Å². The molecule has 1 aliphatic carbocycles. The van der Waals surface area contributed by atoms with E-state index in [1.165, 1.54) is 0 Å². The standard InChI is InChI=1S/C22H25N5O4S2/c1-32(28,29)27-20(22-25-17-13-24-21-16(11-12-23-21)19(17)26-22)15-9-5-6-10-18(15)33(30,31)14-7-3-2-4-8-14/h2-4,7-8,11-13,15,18,20,27H,5-6,9-10H2,1H3,(H,23,24)(H,25,26). The van der Waals surface area contributed by atoms with Gasteiger partial charge in [-0.05, 0) is 37.0 Å². The molecule has 9 nitrogen and oxygen atoms in total. The molecule has 3 aromatic heterocycles. The number of fused-ring (bicyclic) bond motifs is 3. The van der Waals surface area contributed by atoms with Crippen LogP contribution in [-0.2, 0) is 19.9 Å². The maximum Gasteiger partial charge on any atom is 0.209 e. The third-order valence-corrected chi connectivity index (χ3v) is 9.34. The van der Waals surface area contributed by atoms with E-state index in [4.69, 9.17) is 0 Å². The van der Waals surface area contributed by atoms with Crippen molar-refractivity contribution in [3.63, 3.8) is 0 Å². The van der Waals surface area contributed by atoms with Crippen molar-refractivity contribution in [1.29, 1.82) is 0 Å². The first-order chi connectivity index (χ1) is 15.7. The van der Waals surface area contributed by atoms with E-state index in [1.807, 2.05) is 6.07 Å². The number of nitrogens with zero attached hydrogens (tertiary/aromatic N) is 2. The number of aromatic amines is 2. The van der Waals surface area contributed by atoms with E-state index < -0.39 is 37.1 Å². The number of H-pyrrole nitrogens is 2. The third kappa shape index (κ3) is 4.16. The highest BCUT2D eigenvalue weighted by atomic mass is 32.2. The van der Waals surface area contributed by atoms with Crippen molar-refractivity contribution in [2.24, 2.45) is 5.92 Å². The van der Waals surface area contributed by atoms with E-state index in [0.717, 1.165) is 30.0 Å². The van der Waals surface area contributed by atoms with Gasteiger partial charge in [0.1, 0.15) is 17.0 Å². The van der Waals surface area contributed by atoms with Gasteiger partial charge in [-0.2, -0.15) is 0 Å². The number of hydrogen-bond acceptors (Lipinski definition) is 6. The second-order valence-corrected chi connectivity index (χ2v) is 12.5. The van der Waals surface area contributed by atoms with Crippen LogP contribution in [0.25, 0.3) is 22.1 Å². The highest BCUT2D eigenvalue weighted by Gasteiger charge is 2.43. The number of aromatic nitrogens is 4. The molecular weight excluding hydrogens is 462 g/mol. The second kappa shape index (κ2) is 8.23. The minimum Gasteiger partial charge on any atom is -0.346 e. The highest BCUT2D eigenvalue weighted by Crippen LogP contribution is 2.40. The number of benzene rings is 1. The number of sulfonamides is 1. The number of imidazole rings is 1. The fourth-order valence-electron chi connectivity index (χ4n) is 4.90. The predicted octanol–water partition coefficient (Wildman–Crippen LogP) is 3.06. The van der Waals surface area contributed by atoms with E-state index >= 15 is 0 Å². The van der Waals surface area contributed by atoms with Gasteiger partial charge >= 0.3 is 0 Å². The lowest BCUT2D eigenvalue weighted by Gasteiger charge is -2.36. The predicted molar refractivity (Wildman–Crippen MR) is 126 cm³/mol. The normalized spacial score (nSPS) is 20.9. The smallest absolute Gasteiger partial charge is 0.209 e. The molecule has 174 valence electrons. The zero-order valence-electron chi connectivity index (χ0n) is 18.0. The molecule has 0 aliphatic heterocycles. The highest BCUT2D eigenvalue weighted by molar-refractivity contribution is 7.92. The van der Waals surface area contributed by atoms with Gasteiger partial charge in [-0.25, -0.2) is 31.5 Å². The van der Waals surface area contributed by atoms with Crippen molar-refractivity contribution in [2.45, 2.75) is 41.9 Å². The maximum atomic E-state index is 13.6. The summed E-state index contributed by atoms with van der Waals surface area (Å²) in [7, 11) is -7.32. The summed E-state index contributed by atoms with van der Waals surface area (Å²) in [4.78, 5) is 15.6. The number of pyridine rings is 1. The molecule has 0 spiro atoms. The number of hydrogen-bond donors (Lipinski definition) is 3. The largest absolute Gasteiger partial charge is 0.346 e. The summed E-state index contributed by atoms with van der Waals surface area (Å²) < 4.78 is 54.6. The van der Waals surface area contributed by atoms with Gasteiger partial charge in [-0.3, -0.25) is 0 Å². The molecule has 0 bridgehead atoms. The van der Waals surface area contributed by atoms with Crippen LogP contribution in [-0.4, -0.2) is 48.3 Å². The maximum absolute atomic E-state index is 13.6. The SMILES string of the molecule is CS(=O)(=O)NC(c1nc2cnc3[nH]ccc3c2[nH]1)C1CCCCC1S(=O)(=O)c1ccccc1. The molecule has 11 heteroatoms. The Balaban J connectivity index is 1.62. The van der Waals surface area contributed by atoms with Crippen molar-refractivity contribution >= 4 is 41.9 Å². The Hall–Kier alpha value is -2.76. The van der Waals surface area contributed by atoms with Gasteiger partial charge in [-0.15, -0.1) is 0 Å². The van der Waals surface area contributed by atoms with Gasteiger partial charge in [0, 0.05) is 11.6 Å². The van der Waals surface area contributed by atoms with Crippen LogP contribution in [0.5, 0.6) is 0 Å². The van der Waals surface area contributed by atoms with Crippen LogP contribution in [0, 0.1) is 5.92 Å². The monoisotopic (exact) mass is 487 g/mol. The van der Waals surface area contributed by atoms with Gasteiger partial charge in [0.05, 0.1) is 34.2 Å². The first-order valence-electron chi connectivity index (χ1n) is 10.8. The topological polar surface area (TPSA) is 138 Å². The summed E-state index contributed by atoms with van der Waals surface area (Å²) in [5.41, 5.74) is 2.01. The molecule has 5 rings (SSSR count). The molecule has 3 heterocycles. The fraction of sp³-hybridized carbons (Fsp3) is 0.364. The lowest BCUT2D eigenvalue weighted by Crippen LogP contribution is -2.43. The molecule has 0 radical (unpaired) electrons. The van der Waals surface area contributed by atoms with Crippen molar-refractivity contribution in [2.75, 3.05) is 6.26 Å². The number of rotatable bonds is 6. The van der Waals surface area contributed by atoms with Gasteiger partial charge in [-0.1, -0.05) is 31.0 Å². The van der Waals surface area contributed by atoms with Crippen LogP contribution >= 0.6 is 0 Å². The quantitative estimate of drug-likeness (QED) is 0.382. The lowest BCUT2D eigenvalue weighted by molar-refractivity contribution is 0.288.